The summed E-state index contributed by atoms with van der Waals surface area (Å²) in [7, 11) is 2.08. The van der Waals surface area contributed by atoms with Gasteiger partial charge in [-0.25, -0.2) is 9.97 Å². The zero-order valence-corrected chi connectivity index (χ0v) is 13.4. The summed E-state index contributed by atoms with van der Waals surface area (Å²) in [6.07, 6.45) is 2.44. The second-order valence-electron chi connectivity index (χ2n) is 5.53. The summed E-state index contributed by atoms with van der Waals surface area (Å²) in [5.41, 5.74) is 2.59. The van der Waals surface area contributed by atoms with Gasteiger partial charge in [0, 0.05) is 25.6 Å². The molecule has 0 spiro atoms. The Kier molecular flexibility index (Phi) is 3.74. The molecule has 0 saturated heterocycles. The summed E-state index contributed by atoms with van der Waals surface area (Å²) < 4.78 is 0.875. The first-order valence-corrected chi connectivity index (χ1v) is 7.72. The summed E-state index contributed by atoms with van der Waals surface area (Å²) in [5.74, 6) is 2.53. The summed E-state index contributed by atoms with van der Waals surface area (Å²) in [6.45, 7) is 2.98. The first kappa shape index (κ1) is 13.6. The van der Waals surface area contributed by atoms with Crippen LogP contribution in [0.25, 0.3) is 0 Å². The minimum atomic E-state index is 0.568. The largest absolute Gasteiger partial charge is 0.355 e. The Morgan fingerprint density at radius 3 is 2.75 bits per heavy atom. The zero-order chi connectivity index (χ0) is 14.1. The van der Waals surface area contributed by atoms with E-state index >= 15 is 0 Å². The number of anilines is 1. The molecule has 1 saturated carbocycles. The third-order valence-electron chi connectivity index (χ3n) is 3.53. The maximum atomic E-state index is 4.70. The number of aromatic nitrogens is 2. The smallest absolute Gasteiger partial charge is 0.135 e. The zero-order valence-electron chi connectivity index (χ0n) is 11.8. The van der Waals surface area contributed by atoms with Crippen LogP contribution in [0.4, 0.5) is 5.82 Å². The van der Waals surface area contributed by atoms with Crippen LogP contribution in [0.3, 0.4) is 0 Å². The number of rotatable bonds is 4. The second kappa shape index (κ2) is 5.52. The first-order valence-electron chi connectivity index (χ1n) is 6.93. The van der Waals surface area contributed by atoms with E-state index in [1.54, 1.807) is 0 Å². The van der Waals surface area contributed by atoms with Crippen LogP contribution in [0.5, 0.6) is 0 Å². The lowest BCUT2D eigenvalue weighted by Crippen LogP contribution is -2.18. The van der Waals surface area contributed by atoms with Crippen molar-refractivity contribution in [3.05, 3.63) is 51.9 Å². The molecule has 1 heterocycles. The third-order valence-corrected chi connectivity index (χ3v) is 3.94. The van der Waals surface area contributed by atoms with Gasteiger partial charge in [-0.2, -0.15) is 0 Å². The molecule has 104 valence electrons. The van der Waals surface area contributed by atoms with E-state index in [-0.39, 0.29) is 0 Å². The molecule has 0 unspecified atom stereocenters. The molecule has 0 atom stereocenters. The predicted molar refractivity (Wildman–Crippen MR) is 85.0 cm³/mol. The molecule has 0 aliphatic heterocycles. The highest BCUT2D eigenvalue weighted by molar-refractivity contribution is 9.10. The van der Waals surface area contributed by atoms with Crippen LogP contribution < -0.4 is 4.90 Å². The molecule has 1 aromatic heterocycles. The van der Waals surface area contributed by atoms with Crippen molar-refractivity contribution in [3.63, 3.8) is 0 Å². The van der Waals surface area contributed by atoms with E-state index in [4.69, 9.17) is 4.98 Å². The Morgan fingerprint density at radius 2 is 2.05 bits per heavy atom. The van der Waals surface area contributed by atoms with Crippen LogP contribution in [0, 0.1) is 6.92 Å². The van der Waals surface area contributed by atoms with Crippen LogP contribution in [-0.4, -0.2) is 17.0 Å². The molecular weight excluding hydrogens is 314 g/mol. The van der Waals surface area contributed by atoms with Gasteiger partial charge in [0.1, 0.15) is 16.2 Å². The van der Waals surface area contributed by atoms with Crippen molar-refractivity contribution in [3.8, 4) is 0 Å². The molecule has 1 aliphatic carbocycles. The van der Waals surface area contributed by atoms with Crippen LogP contribution in [0.15, 0.2) is 34.9 Å². The Bertz CT molecular complexity index is 623. The number of halogens is 1. The molecule has 1 fully saturated rings. The van der Waals surface area contributed by atoms with Gasteiger partial charge < -0.3 is 4.90 Å². The van der Waals surface area contributed by atoms with Gasteiger partial charge in [-0.05, 0) is 41.3 Å². The molecule has 0 bridgehead atoms. The predicted octanol–water partition coefficient (Wildman–Crippen LogP) is 4.06. The van der Waals surface area contributed by atoms with Gasteiger partial charge in [0.25, 0.3) is 0 Å². The highest BCUT2D eigenvalue weighted by Crippen LogP contribution is 2.39. The lowest BCUT2D eigenvalue weighted by atomic mass is 10.1. The van der Waals surface area contributed by atoms with Gasteiger partial charge in [0.05, 0.1) is 0 Å². The maximum Gasteiger partial charge on any atom is 0.135 e. The fourth-order valence-corrected chi connectivity index (χ4v) is 2.69. The van der Waals surface area contributed by atoms with Gasteiger partial charge >= 0.3 is 0 Å². The molecule has 1 aliphatic rings. The third kappa shape index (κ3) is 3.18. The van der Waals surface area contributed by atoms with Crippen molar-refractivity contribution in [1.29, 1.82) is 0 Å². The van der Waals surface area contributed by atoms with E-state index in [1.807, 2.05) is 6.07 Å². The van der Waals surface area contributed by atoms with Crippen LogP contribution in [-0.2, 0) is 6.54 Å². The Hall–Kier alpha value is -1.42. The van der Waals surface area contributed by atoms with Gasteiger partial charge in [-0.3, -0.25) is 0 Å². The Labute approximate surface area is 128 Å². The fraction of sp³-hybridized carbons (Fsp3) is 0.375. The van der Waals surface area contributed by atoms with E-state index in [0.29, 0.717) is 5.92 Å². The molecule has 0 N–H and O–H groups in total. The molecule has 3 nitrogen and oxygen atoms in total. The van der Waals surface area contributed by atoms with Crippen LogP contribution in [0.1, 0.15) is 35.7 Å². The van der Waals surface area contributed by atoms with Crippen LogP contribution >= 0.6 is 15.9 Å². The normalized spacial score (nSPS) is 14.3. The Balaban J connectivity index is 1.81. The highest BCUT2D eigenvalue weighted by atomic mass is 79.9. The molecule has 4 heteroatoms. The lowest BCUT2D eigenvalue weighted by molar-refractivity contribution is 0.848. The number of aryl methyl sites for hydroxylation is 1. The molecule has 0 amide bonds. The fourth-order valence-electron chi connectivity index (χ4n) is 2.31. The quantitative estimate of drug-likeness (QED) is 0.791. The Morgan fingerprint density at radius 1 is 1.25 bits per heavy atom. The number of hydrogen-bond acceptors (Lipinski definition) is 3. The first-order chi connectivity index (χ1) is 9.61. The van der Waals surface area contributed by atoms with E-state index in [9.17, 15) is 0 Å². The minimum absolute atomic E-state index is 0.568. The molecule has 0 radical (unpaired) electrons. The summed E-state index contributed by atoms with van der Waals surface area (Å²) in [5, 5.41) is 0. The molecule has 2 aromatic rings. The van der Waals surface area contributed by atoms with E-state index < -0.39 is 0 Å². The van der Waals surface area contributed by atoms with Gasteiger partial charge in [0.2, 0.25) is 0 Å². The van der Waals surface area contributed by atoms with Crippen LogP contribution in [0.2, 0.25) is 0 Å². The van der Waals surface area contributed by atoms with E-state index in [1.165, 1.54) is 24.0 Å². The van der Waals surface area contributed by atoms with Gasteiger partial charge in [-0.15, -0.1) is 0 Å². The number of benzene rings is 1. The van der Waals surface area contributed by atoms with Crippen molar-refractivity contribution in [2.24, 2.45) is 0 Å². The van der Waals surface area contributed by atoms with Gasteiger partial charge in [-0.1, -0.05) is 29.8 Å². The number of nitrogens with zero attached hydrogens (tertiary/aromatic N) is 3. The molecule has 1 aromatic carbocycles. The minimum Gasteiger partial charge on any atom is -0.355 e. The topological polar surface area (TPSA) is 29.0 Å². The van der Waals surface area contributed by atoms with Crippen molar-refractivity contribution >= 4 is 21.7 Å². The van der Waals surface area contributed by atoms with E-state index in [0.717, 1.165) is 22.8 Å². The second-order valence-corrected chi connectivity index (χ2v) is 6.34. The van der Waals surface area contributed by atoms with Crippen molar-refractivity contribution in [2.45, 2.75) is 32.2 Å². The summed E-state index contributed by atoms with van der Waals surface area (Å²) in [6, 6.07) is 10.6. The van der Waals surface area contributed by atoms with Crippen molar-refractivity contribution in [1.82, 2.24) is 9.97 Å². The van der Waals surface area contributed by atoms with Gasteiger partial charge in [0.15, 0.2) is 0 Å². The lowest BCUT2D eigenvalue weighted by Gasteiger charge is -2.19. The SMILES string of the molecule is Cc1cccc(CN(C)c2cc(Br)nc(C3CC3)n2)c1. The summed E-state index contributed by atoms with van der Waals surface area (Å²) >= 11 is 3.50. The van der Waals surface area contributed by atoms with E-state index in [2.05, 4.69) is 64.1 Å². The maximum absolute atomic E-state index is 4.70. The average Bonchev–Trinajstić information content (AvgIpc) is 3.22. The average molecular weight is 332 g/mol. The standard InChI is InChI=1S/C16H18BrN3/c1-11-4-3-5-12(8-11)10-20(2)15-9-14(17)18-16(19-15)13-6-7-13/h3-5,8-9,13H,6-7,10H2,1-2H3. The molecular formula is C16H18BrN3. The summed E-state index contributed by atoms with van der Waals surface area (Å²) in [4.78, 5) is 11.4. The van der Waals surface area contributed by atoms with Crippen molar-refractivity contribution < 1.29 is 0 Å². The molecule has 3 rings (SSSR count). The molecule has 20 heavy (non-hydrogen) atoms. The number of hydrogen-bond donors (Lipinski definition) is 0. The highest BCUT2D eigenvalue weighted by Gasteiger charge is 2.27. The monoisotopic (exact) mass is 331 g/mol. The van der Waals surface area contributed by atoms with Crippen molar-refractivity contribution in [2.75, 3.05) is 11.9 Å².